The van der Waals surface area contributed by atoms with Crippen molar-refractivity contribution in [1.82, 2.24) is 24.8 Å². The summed E-state index contributed by atoms with van der Waals surface area (Å²) in [5.41, 5.74) is 13.3. The zero-order valence-corrected chi connectivity index (χ0v) is 19.9. The molecule has 1 saturated heterocycles. The average Bonchev–Trinajstić information content (AvgIpc) is 3.62. The molecule has 1 atom stereocenters. The highest BCUT2D eigenvalue weighted by atomic mass is 16.2. The smallest absolute Gasteiger partial charge is 0.256 e. The predicted molar refractivity (Wildman–Crippen MR) is 141 cm³/mol. The van der Waals surface area contributed by atoms with Crippen LogP contribution in [0, 0.1) is 0 Å². The molecule has 1 aliphatic heterocycles. The highest BCUT2D eigenvalue weighted by Gasteiger charge is 2.28. The van der Waals surface area contributed by atoms with Gasteiger partial charge < -0.3 is 25.5 Å². The number of H-pyrrole nitrogens is 2. The van der Waals surface area contributed by atoms with Gasteiger partial charge in [0.05, 0.1) is 11.1 Å². The van der Waals surface area contributed by atoms with E-state index in [1.807, 2.05) is 48.7 Å². The number of amides is 1. The number of aromatic amines is 2. The highest BCUT2D eigenvalue weighted by Crippen LogP contribution is 2.35. The van der Waals surface area contributed by atoms with Gasteiger partial charge in [0.1, 0.15) is 5.65 Å². The minimum Gasteiger partial charge on any atom is -0.398 e. The van der Waals surface area contributed by atoms with Crippen molar-refractivity contribution in [3.8, 4) is 22.3 Å². The summed E-state index contributed by atoms with van der Waals surface area (Å²) in [4.78, 5) is 28.8. The summed E-state index contributed by atoms with van der Waals surface area (Å²) in [6, 6.07) is 16.4. The van der Waals surface area contributed by atoms with Crippen molar-refractivity contribution in [3.63, 3.8) is 0 Å². The number of benzene rings is 2. The standard InChI is InChI=1S/C28H28N6O/c1-33-11-9-20(16-33)34(2)28(35)23-12-18(6-7-25(23)29)19-13-22-24(15-32-27(22)31-14-19)21-5-3-4-17-8-10-30-26(17)21/h3-8,10,12-15,20,30H,9,11,16,29H2,1-2H3,(H,31,32). The average molecular weight is 465 g/mol. The van der Waals surface area contributed by atoms with Crippen LogP contribution in [0.25, 0.3) is 44.2 Å². The summed E-state index contributed by atoms with van der Waals surface area (Å²) in [6.07, 6.45) is 6.78. The second kappa shape index (κ2) is 8.29. The Labute approximate surface area is 203 Å². The third-order valence-corrected chi connectivity index (χ3v) is 7.26. The van der Waals surface area contributed by atoms with Crippen molar-refractivity contribution in [2.45, 2.75) is 12.5 Å². The second-order valence-corrected chi connectivity index (χ2v) is 9.49. The molecule has 1 amide bonds. The van der Waals surface area contributed by atoms with Crippen LogP contribution in [-0.2, 0) is 0 Å². The normalized spacial score (nSPS) is 16.3. The van der Waals surface area contributed by atoms with Crippen molar-refractivity contribution in [3.05, 3.63) is 72.7 Å². The minimum atomic E-state index is -0.0422. The number of hydrogen-bond acceptors (Lipinski definition) is 4. The fraction of sp³-hybridized carbons (Fsp3) is 0.214. The number of nitrogens with one attached hydrogen (secondary N) is 2. The number of carbonyl (C=O) groups is 1. The lowest BCUT2D eigenvalue weighted by Crippen LogP contribution is -2.38. The molecule has 0 bridgehead atoms. The van der Waals surface area contributed by atoms with E-state index in [2.05, 4.69) is 57.2 Å². The largest absolute Gasteiger partial charge is 0.398 e. The van der Waals surface area contributed by atoms with Gasteiger partial charge in [-0.3, -0.25) is 4.79 Å². The Bertz CT molecular complexity index is 1560. The van der Waals surface area contributed by atoms with Crippen molar-refractivity contribution in [1.29, 1.82) is 0 Å². The first-order valence-corrected chi connectivity index (χ1v) is 11.9. The molecule has 176 valence electrons. The maximum absolute atomic E-state index is 13.4. The summed E-state index contributed by atoms with van der Waals surface area (Å²) >= 11 is 0. The second-order valence-electron chi connectivity index (χ2n) is 9.49. The predicted octanol–water partition coefficient (Wildman–Crippen LogP) is 4.74. The molecule has 35 heavy (non-hydrogen) atoms. The Morgan fingerprint density at radius 2 is 2.00 bits per heavy atom. The zero-order chi connectivity index (χ0) is 24.1. The van der Waals surface area contributed by atoms with Gasteiger partial charge in [-0.2, -0.15) is 0 Å². The fourth-order valence-corrected chi connectivity index (χ4v) is 5.20. The van der Waals surface area contributed by atoms with E-state index in [1.165, 1.54) is 5.39 Å². The first kappa shape index (κ1) is 21.4. The number of hydrogen-bond donors (Lipinski definition) is 3. The van der Waals surface area contributed by atoms with Crippen LogP contribution in [0.2, 0.25) is 0 Å². The Balaban J connectivity index is 1.39. The number of rotatable bonds is 4. The summed E-state index contributed by atoms with van der Waals surface area (Å²) in [5, 5.41) is 2.20. The number of para-hydroxylation sites is 1. The molecule has 7 nitrogen and oxygen atoms in total. The molecule has 6 rings (SSSR count). The number of nitrogens with two attached hydrogens (primary N) is 1. The van der Waals surface area contributed by atoms with Crippen molar-refractivity contribution >= 4 is 33.5 Å². The quantitative estimate of drug-likeness (QED) is 0.335. The van der Waals surface area contributed by atoms with E-state index < -0.39 is 0 Å². The van der Waals surface area contributed by atoms with Gasteiger partial charge in [0, 0.05) is 66.0 Å². The number of anilines is 1. The van der Waals surface area contributed by atoms with Gasteiger partial charge in [-0.15, -0.1) is 0 Å². The molecule has 0 spiro atoms. The first-order valence-electron chi connectivity index (χ1n) is 11.9. The summed E-state index contributed by atoms with van der Waals surface area (Å²) in [5.74, 6) is -0.0422. The molecular formula is C28H28N6O. The van der Waals surface area contributed by atoms with Gasteiger partial charge in [0.25, 0.3) is 5.91 Å². The topological polar surface area (TPSA) is 94.0 Å². The SMILES string of the molecule is CN1CCC(N(C)C(=O)c2cc(-c3cnc4[nH]cc(-c5cccc6cc[nH]c56)c4c3)ccc2N)C1. The molecule has 2 aromatic carbocycles. The summed E-state index contributed by atoms with van der Waals surface area (Å²) in [7, 11) is 3.96. The van der Waals surface area contributed by atoms with Crippen LogP contribution in [0.1, 0.15) is 16.8 Å². The lowest BCUT2D eigenvalue weighted by Gasteiger charge is -2.25. The highest BCUT2D eigenvalue weighted by molar-refractivity contribution is 6.04. The Kier molecular flexibility index (Phi) is 5.07. The maximum Gasteiger partial charge on any atom is 0.256 e. The Hall–Kier alpha value is -4.10. The van der Waals surface area contributed by atoms with Crippen LogP contribution in [0.15, 0.2) is 67.1 Å². The van der Waals surface area contributed by atoms with E-state index in [-0.39, 0.29) is 11.9 Å². The van der Waals surface area contributed by atoms with Gasteiger partial charge in [-0.1, -0.05) is 24.3 Å². The number of likely N-dealkylation sites (tertiary alicyclic amines) is 1. The molecule has 0 aliphatic carbocycles. The number of carbonyl (C=O) groups excluding carboxylic acids is 1. The van der Waals surface area contributed by atoms with Crippen LogP contribution >= 0.6 is 0 Å². The van der Waals surface area contributed by atoms with E-state index in [0.29, 0.717) is 11.3 Å². The zero-order valence-electron chi connectivity index (χ0n) is 19.9. The van der Waals surface area contributed by atoms with Gasteiger partial charge in [0.2, 0.25) is 0 Å². The van der Waals surface area contributed by atoms with Gasteiger partial charge in [0.15, 0.2) is 0 Å². The van der Waals surface area contributed by atoms with Gasteiger partial charge >= 0.3 is 0 Å². The van der Waals surface area contributed by atoms with Crippen LogP contribution < -0.4 is 5.73 Å². The van der Waals surface area contributed by atoms with Crippen molar-refractivity contribution < 1.29 is 4.79 Å². The fourth-order valence-electron chi connectivity index (χ4n) is 5.20. The number of fused-ring (bicyclic) bond motifs is 2. The molecule has 1 unspecified atom stereocenters. The molecule has 3 aromatic heterocycles. The van der Waals surface area contributed by atoms with E-state index in [9.17, 15) is 4.79 Å². The third kappa shape index (κ3) is 3.65. The molecule has 0 saturated carbocycles. The third-order valence-electron chi connectivity index (χ3n) is 7.26. The number of pyridine rings is 1. The minimum absolute atomic E-state index is 0.0422. The summed E-state index contributed by atoms with van der Waals surface area (Å²) in [6.45, 7) is 1.88. The molecule has 7 heteroatoms. The number of likely N-dealkylation sites (N-methyl/N-ethyl adjacent to an activating group) is 2. The number of nitrogen functional groups attached to an aromatic ring is 1. The Morgan fingerprint density at radius 3 is 2.83 bits per heavy atom. The van der Waals surface area contributed by atoms with E-state index >= 15 is 0 Å². The molecule has 4 N–H and O–H groups in total. The number of nitrogens with zero attached hydrogens (tertiary/aromatic N) is 3. The van der Waals surface area contributed by atoms with Crippen LogP contribution in [-0.4, -0.2) is 63.9 Å². The molecule has 0 radical (unpaired) electrons. The van der Waals surface area contributed by atoms with Crippen LogP contribution in [0.4, 0.5) is 5.69 Å². The molecule has 4 heterocycles. The monoisotopic (exact) mass is 464 g/mol. The lowest BCUT2D eigenvalue weighted by molar-refractivity contribution is 0.0738. The van der Waals surface area contributed by atoms with E-state index in [1.54, 1.807) is 0 Å². The van der Waals surface area contributed by atoms with Crippen LogP contribution in [0.5, 0.6) is 0 Å². The van der Waals surface area contributed by atoms with E-state index in [0.717, 1.165) is 58.3 Å². The lowest BCUT2D eigenvalue weighted by atomic mass is 9.99. The summed E-state index contributed by atoms with van der Waals surface area (Å²) < 4.78 is 0. The molecular weight excluding hydrogens is 436 g/mol. The Morgan fingerprint density at radius 1 is 1.11 bits per heavy atom. The van der Waals surface area contributed by atoms with Gasteiger partial charge in [-0.25, -0.2) is 4.98 Å². The molecule has 1 aliphatic rings. The van der Waals surface area contributed by atoms with Gasteiger partial charge in [-0.05, 0) is 55.2 Å². The van der Waals surface area contributed by atoms with E-state index in [4.69, 9.17) is 5.73 Å². The number of aromatic nitrogens is 3. The van der Waals surface area contributed by atoms with Crippen molar-refractivity contribution in [2.24, 2.45) is 0 Å². The van der Waals surface area contributed by atoms with Crippen LogP contribution in [0.3, 0.4) is 0 Å². The molecule has 5 aromatic rings. The van der Waals surface area contributed by atoms with Crippen molar-refractivity contribution in [2.75, 3.05) is 32.9 Å². The molecule has 1 fully saturated rings. The first-order chi connectivity index (χ1) is 17.0. The maximum atomic E-state index is 13.4.